The number of hydrogen-bond acceptors (Lipinski definition) is 3. The number of carboxylic acids is 1. The summed E-state index contributed by atoms with van der Waals surface area (Å²) in [6, 6.07) is -0.289. The standard InChI is InChI=1S/C9H18N2O4/c1-4-7(5-2)11(3)9(14)10-15-6-8(12)13/h7H,4-6H2,1-3H3,(H,10,14)(H,12,13). The van der Waals surface area contributed by atoms with Gasteiger partial charge in [-0.25, -0.2) is 15.1 Å². The van der Waals surface area contributed by atoms with Crippen LogP contribution >= 0.6 is 0 Å². The van der Waals surface area contributed by atoms with Crippen LogP contribution in [-0.2, 0) is 9.63 Å². The van der Waals surface area contributed by atoms with Gasteiger partial charge < -0.3 is 10.0 Å². The van der Waals surface area contributed by atoms with E-state index in [0.29, 0.717) is 0 Å². The summed E-state index contributed by atoms with van der Waals surface area (Å²) in [5, 5.41) is 8.28. The second-order valence-electron chi connectivity index (χ2n) is 3.17. The quantitative estimate of drug-likeness (QED) is 0.647. The molecular weight excluding hydrogens is 200 g/mol. The maximum Gasteiger partial charge on any atom is 0.341 e. The zero-order valence-corrected chi connectivity index (χ0v) is 9.32. The van der Waals surface area contributed by atoms with Gasteiger partial charge in [-0.2, -0.15) is 0 Å². The van der Waals surface area contributed by atoms with Gasteiger partial charge in [0.15, 0.2) is 6.61 Å². The number of aliphatic carboxylic acids is 1. The fraction of sp³-hybridized carbons (Fsp3) is 0.778. The molecule has 6 nitrogen and oxygen atoms in total. The van der Waals surface area contributed by atoms with Gasteiger partial charge in [-0.15, -0.1) is 0 Å². The molecule has 0 aliphatic carbocycles. The Hall–Kier alpha value is -1.30. The van der Waals surface area contributed by atoms with Crippen molar-refractivity contribution in [2.75, 3.05) is 13.7 Å². The van der Waals surface area contributed by atoms with E-state index in [-0.39, 0.29) is 6.04 Å². The normalized spacial score (nSPS) is 10.1. The van der Waals surface area contributed by atoms with Crippen molar-refractivity contribution in [3.63, 3.8) is 0 Å². The SMILES string of the molecule is CCC(CC)N(C)C(=O)NOCC(=O)O. The molecule has 88 valence electrons. The van der Waals surface area contributed by atoms with Gasteiger partial charge in [0.25, 0.3) is 0 Å². The monoisotopic (exact) mass is 218 g/mol. The summed E-state index contributed by atoms with van der Waals surface area (Å²) in [5.74, 6) is -1.12. The highest BCUT2D eigenvalue weighted by Gasteiger charge is 2.16. The number of carbonyl (C=O) groups is 2. The number of nitrogens with one attached hydrogen (secondary N) is 1. The summed E-state index contributed by atoms with van der Waals surface area (Å²) >= 11 is 0. The Morgan fingerprint density at radius 3 is 2.33 bits per heavy atom. The minimum absolute atomic E-state index is 0.137. The van der Waals surface area contributed by atoms with Crippen LogP contribution in [0.1, 0.15) is 26.7 Å². The van der Waals surface area contributed by atoms with Crippen molar-refractivity contribution < 1.29 is 19.5 Å². The fourth-order valence-electron chi connectivity index (χ4n) is 1.23. The van der Waals surface area contributed by atoms with Gasteiger partial charge in [0.05, 0.1) is 0 Å². The highest BCUT2D eigenvalue weighted by atomic mass is 16.7. The maximum atomic E-state index is 11.4. The Morgan fingerprint density at radius 1 is 1.40 bits per heavy atom. The number of hydroxylamine groups is 1. The molecule has 6 heteroatoms. The zero-order valence-electron chi connectivity index (χ0n) is 9.32. The third kappa shape index (κ3) is 5.21. The lowest BCUT2D eigenvalue weighted by Gasteiger charge is -2.25. The Labute approximate surface area is 89.2 Å². The Morgan fingerprint density at radius 2 is 1.93 bits per heavy atom. The van der Waals surface area contributed by atoms with Gasteiger partial charge >= 0.3 is 12.0 Å². The summed E-state index contributed by atoms with van der Waals surface area (Å²) in [5.41, 5.74) is 2.07. The van der Waals surface area contributed by atoms with Crippen LogP contribution in [0.2, 0.25) is 0 Å². The molecular formula is C9H18N2O4. The first-order valence-electron chi connectivity index (χ1n) is 4.89. The molecule has 0 unspecified atom stereocenters. The van der Waals surface area contributed by atoms with E-state index in [2.05, 4.69) is 10.3 Å². The van der Waals surface area contributed by atoms with Gasteiger partial charge in [-0.05, 0) is 12.8 Å². The van der Waals surface area contributed by atoms with Gasteiger partial charge in [-0.3, -0.25) is 4.84 Å². The molecule has 0 heterocycles. The molecule has 2 amide bonds. The van der Waals surface area contributed by atoms with E-state index in [1.165, 1.54) is 4.90 Å². The molecule has 0 aliphatic rings. The number of carbonyl (C=O) groups excluding carboxylic acids is 1. The maximum absolute atomic E-state index is 11.4. The molecule has 2 N–H and O–H groups in total. The van der Waals surface area contributed by atoms with Crippen LogP contribution in [0.25, 0.3) is 0 Å². The average molecular weight is 218 g/mol. The first kappa shape index (κ1) is 13.7. The van der Waals surface area contributed by atoms with Crippen LogP contribution in [-0.4, -0.2) is 41.7 Å². The predicted octanol–water partition coefficient (Wildman–Crippen LogP) is 0.833. The van der Waals surface area contributed by atoms with Crippen molar-refractivity contribution in [2.24, 2.45) is 0 Å². The number of urea groups is 1. The first-order chi connectivity index (χ1) is 7.02. The number of rotatable bonds is 6. The molecule has 0 atom stereocenters. The average Bonchev–Trinajstić information content (AvgIpc) is 2.18. The molecule has 0 aromatic rings. The van der Waals surface area contributed by atoms with Crippen molar-refractivity contribution >= 4 is 12.0 Å². The van der Waals surface area contributed by atoms with E-state index in [1.54, 1.807) is 7.05 Å². The van der Waals surface area contributed by atoms with Crippen molar-refractivity contribution in [1.29, 1.82) is 0 Å². The van der Waals surface area contributed by atoms with Gasteiger partial charge in [-0.1, -0.05) is 13.8 Å². The van der Waals surface area contributed by atoms with Crippen molar-refractivity contribution in [2.45, 2.75) is 32.7 Å². The predicted molar refractivity (Wildman–Crippen MR) is 54.3 cm³/mol. The fourth-order valence-corrected chi connectivity index (χ4v) is 1.23. The van der Waals surface area contributed by atoms with E-state index in [4.69, 9.17) is 5.11 Å². The number of nitrogens with zero attached hydrogens (tertiary/aromatic N) is 1. The van der Waals surface area contributed by atoms with Crippen molar-refractivity contribution in [3.05, 3.63) is 0 Å². The highest BCUT2D eigenvalue weighted by molar-refractivity contribution is 5.73. The molecule has 15 heavy (non-hydrogen) atoms. The smallest absolute Gasteiger partial charge is 0.341 e. The van der Waals surface area contributed by atoms with Gasteiger partial charge in [0, 0.05) is 13.1 Å². The Kier molecular flexibility index (Phi) is 6.44. The lowest BCUT2D eigenvalue weighted by atomic mass is 10.1. The summed E-state index contributed by atoms with van der Waals surface area (Å²) in [4.78, 5) is 27.5. The minimum Gasteiger partial charge on any atom is -0.479 e. The molecule has 0 aromatic carbocycles. The van der Waals surface area contributed by atoms with Crippen LogP contribution in [0.3, 0.4) is 0 Å². The lowest BCUT2D eigenvalue weighted by Crippen LogP contribution is -2.43. The number of hydrogen-bond donors (Lipinski definition) is 2. The molecule has 0 radical (unpaired) electrons. The molecule has 0 fully saturated rings. The van der Waals surface area contributed by atoms with E-state index in [9.17, 15) is 9.59 Å². The summed E-state index contributed by atoms with van der Waals surface area (Å²) in [6.45, 7) is 3.43. The molecule has 0 rings (SSSR count). The molecule has 0 aliphatic heterocycles. The minimum atomic E-state index is -1.12. The first-order valence-corrected chi connectivity index (χ1v) is 4.89. The van der Waals surface area contributed by atoms with Gasteiger partial charge in [0.2, 0.25) is 0 Å². The largest absolute Gasteiger partial charge is 0.479 e. The highest BCUT2D eigenvalue weighted by Crippen LogP contribution is 2.05. The third-order valence-electron chi connectivity index (χ3n) is 2.17. The van der Waals surface area contributed by atoms with E-state index < -0.39 is 18.6 Å². The van der Waals surface area contributed by atoms with Crippen LogP contribution in [0.4, 0.5) is 4.79 Å². The summed E-state index contributed by atoms with van der Waals surface area (Å²) in [7, 11) is 1.65. The second-order valence-corrected chi connectivity index (χ2v) is 3.17. The Balaban J connectivity index is 3.92. The zero-order chi connectivity index (χ0) is 11.8. The summed E-state index contributed by atoms with van der Waals surface area (Å²) < 4.78 is 0. The number of carboxylic acid groups (broad SMARTS) is 1. The second kappa shape index (κ2) is 7.05. The number of amides is 2. The van der Waals surface area contributed by atoms with Gasteiger partial charge in [0.1, 0.15) is 0 Å². The molecule has 0 aromatic heterocycles. The van der Waals surface area contributed by atoms with Crippen LogP contribution in [0.5, 0.6) is 0 Å². The van der Waals surface area contributed by atoms with Crippen LogP contribution < -0.4 is 5.48 Å². The van der Waals surface area contributed by atoms with E-state index in [0.717, 1.165) is 12.8 Å². The van der Waals surface area contributed by atoms with E-state index in [1.807, 2.05) is 13.8 Å². The van der Waals surface area contributed by atoms with Crippen LogP contribution in [0.15, 0.2) is 0 Å². The van der Waals surface area contributed by atoms with E-state index >= 15 is 0 Å². The third-order valence-corrected chi connectivity index (χ3v) is 2.17. The van der Waals surface area contributed by atoms with Crippen molar-refractivity contribution in [3.8, 4) is 0 Å². The molecule has 0 saturated carbocycles. The van der Waals surface area contributed by atoms with Crippen LogP contribution in [0, 0.1) is 0 Å². The Bertz CT molecular complexity index is 216. The molecule has 0 saturated heterocycles. The lowest BCUT2D eigenvalue weighted by molar-refractivity contribution is -0.144. The topological polar surface area (TPSA) is 78.9 Å². The summed E-state index contributed by atoms with van der Waals surface area (Å²) in [6.07, 6.45) is 1.69. The van der Waals surface area contributed by atoms with Crippen molar-refractivity contribution in [1.82, 2.24) is 10.4 Å². The molecule has 0 spiro atoms. The molecule has 0 bridgehead atoms.